The van der Waals surface area contributed by atoms with Gasteiger partial charge in [0, 0.05) is 0 Å². The Hall–Kier alpha value is 0.217. The van der Waals surface area contributed by atoms with Crippen molar-refractivity contribution in [2.75, 3.05) is 0 Å². The maximum Gasteiger partial charge on any atom is 0.0504 e. The van der Waals surface area contributed by atoms with Crippen molar-refractivity contribution in [2.24, 2.45) is 5.92 Å². The molecule has 0 N–H and O–H groups in total. The third-order valence-electron chi connectivity index (χ3n) is 3.86. The Morgan fingerprint density at radius 3 is 2.45 bits per heavy atom. The van der Waals surface area contributed by atoms with Gasteiger partial charge in [-0.05, 0) is 11.5 Å². The first kappa shape index (κ1) is 9.31. The molecule has 0 aromatic carbocycles. The van der Waals surface area contributed by atoms with Crippen LogP contribution in [-0.4, -0.2) is 8.07 Å². The van der Waals surface area contributed by atoms with Gasteiger partial charge in [-0.2, -0.15) is 0 Å². The van der Waals surface area contributed by atoms with Gasteiger partial charge in [-0.3, -0.25) is 0 Å². The molecule has 0 aliphatic carbocycles. The van der Waals surface area contributed by atoms with Crippen molar-refractivity contribution < 1.29 is 0 Å². The number of hydrogen-bond donors (Lipinski definition) is 0. The second kappa shape index (κ2) is 3.30. The molecule has 0 aromatic rings. The van der Waals surface area contributed by atoms with Crippen molar-refractivity contribution in [1.29, 1.82) is 0 Å². The molecule has 1 heterocycles. The van der Waals surface area contributed by atoms with Gasteiger partial charge < -0.3 is 0 Å². The molecule has 0 aromatic heterocycles. The van der Waals surface area contributed by atoms with Crippen molar-refractivity contribution in [3.05, 3.63) is 0 Å². The van der Waals surface area contributed by atoms with E-state index in [1.54, 1.807) is 6.04 Å². The number of hydrogen-bond acceptors (Lipinski definition) is 0. The smallest absolute Gasteiger partial charge is 0.0504 e. The third kappa shape index (κ3) is 1.87. The minimum atomic E-state index is -0.778. The van der Waals surface area contributed by atoms with Crippen LogP contribution < -0.4 is 0 Å². The van der Waals surface area contributed by atoms with Crippen molar-refractivity contribution in [3.8, 4) is 0 Å². The lowest BCUT2D eigenvalue weighted by atomic mass is 9.97. The Labute approximate surface area is 72.4 Å². The maximum atomic E-state index is 2.57. The van der Waals surface area contributed by atoms with Crippen LogP contribution in [0, 0.1) is 5.92 Å². The van der Waals surface area contributed by atoms with Gasteiger partial charge in [0.15, 0.2) is 0 Å². The molecule has 1 heteroatoms. The lowest BCUT2D eigenvalue weighted by molar-refractivity contribution is 0.417. The van der Waals surface area contributed by atoms with E-state index in [1.165, 1.54) is 19.3 Å². The largest absolute Gasteiger partial charge is 0.0691 e. The molecule has 0 amide bonds. The molecule has 1 fully saturated rings. The summed E-state index contributed by atoms with van der Waals surface area (Å²) in [6.45, 7) is 10.00. The Morgan fingerprint density at radius 2 is 2.00 bits per heavy atom. The second-order valence-electron chi connectivity index (χ2n) is 4.84. The number of rotatable bonds is 1. The van der Waals surface area contributed by atoms with Gasteiger partial charge in [0.2, 0.25) is 0 Å². The Bertz CT molecular complexity index is 129. The summed E-state index contributed by atoms with van der Waals surface area (Å²) in [5, 5.41) is 0. The fourth-order valence-electron chi connectivity index (χ4n) is 2.49. The zero-order chi connectivity index (χ0) is 8.48. The Kier molecular flexibility index (Phi) is 2.79. The van der Waals surface area contributed by atoms with Crippen molar-refractivity contribution >= 4 is 8.07 Å². The van der Waals surface area contributed by atoms with Gasteiger partial charge in [0.05, 0.1) is 8.07 Å². The highest BCUT2D eigenvalue weighted by Gasteiger charge is 2.36. The van der Waals surface area contributed by atoms with E-state index in [-0.39, 0.29) is 0 Å². The van der Waals surface area contributed by atoms with E-state index < -0.39 is 8.07 Å². The van der Waals surface area contributed by atoms with Gasteiger partial charge in [-0.15, -0.1) is 0 Å². The predicted molar refractivity (Wildman–Crippen MR) is 54.7 cm³/mol. The summed E-state index contributed by atoms with van der Waals surface area (Å²) in [4.78, 5) is 0. The van der Waals surface area contributed by atoms with Gasteiger partial charge in [-0.1, -0.05) is 52.2 Å². The predicted octanol–water partition coefficient (Wildman–Crippen LogP) is 3.90. The molecule has 11 heavy (non-hydrogen) atoms. The molecule has 0 spiro atoms. The average Bonchev–Trinajstić information content (AvgIpc) is 1.95. The minimum Gasteiger partial charge on any atom is -0.0691 e. The molecule has 1 rings (SSSR count). The first-order valence-electron chi connectivity index (χ1n) is 5.08. The summed E-state index contributed by atoms with van der Waals surface area (Å²) < 4.78 is 0. The average molecular weight is 170 g/mol. The van der Waals surface area contributed by atoms with E-state index in [1.807, 2.05) is 0 Å². The van der Waals surface area contributed by atoms with Crippen molar-refractivity contribution in [1.82, 2.24) is 0 Å². The van der Waals surface area contributed by atoms with Crippen LogP contribution in [0.1, 0.15) is 33.1 Å². The summed E-state index contributed by atoms with van der Waals surface area (Å²) in [5.74, 6) is 1.06. The van der Waals surface area contributed by atoms with Gasteiger partial charge in [-0.25, -0.2) is 0 Å². The Morgan fingerprint density at radius 1 is 1.36 bits per heavy atom. The van der Waals surface area contributed by atoms with Gasteiger partial charge in [0.1, 0.15) is 0 Å². The van der Waals surface area contributed by atoms with E-state index >= 15 is 0 Å². The minimum absolute atomic E-state index is 0.778. The maximum absolute atomic E-state index is 2.57. The van der Waals surface area contributed by atoms with Crippen LogP contribution in [-0.2, 0) is 0 Å². The second-order valence-corrected chi connectivity index (χ2v) is 10.2. The van der Waals surface area contributed by atoms with Crippen LogP contribution in [0.15, 0.2) is 0 Å². The van der Waals surface area contributed by atoms with Crippen molar-refractivity contribution in [2.45, 2.75) is 57.8 Å². The van der Waals surface area contributed by atoms with Gasteiger partial charge in [0.25, 0.3) is 0 Å². The molecule has 0 nitrogen and oxygen atoms in total. The van der Waals surface area contributed by atoms with E-state index in [0.717, 1.165) is 11.5 Å². The van der Waals surface area contributed by atoms with Gasteiger partial charge >= 0.3 is 0 Å². The standard InChI is InChI=1S/C10H22Si/c1-5-10-7-6-8-11(3,4)9(10)2/h9-10H,5-8H2,1-4H3. The molecule has 1 saturated heterocycles. The third-order valence-corrected chi connectivity index (χ3v) is 8.44. The SMILES string of the molecule is CCC1CCC[Si](C)(C)C1C. The van der Waals surface area contributed by atoms with Crippen LogP contribution in [0.3, 0.4) is 0 Å². The quantitative estimate of drug-likeness (QED) is 0.524. The molecule has 0 radical (unpaired) electrons. The van der Waals surface area contributed by atoms with E-state index in [4.69, 9.17) is 0 Å². The van der Waals surface area contributed by atoms with Crippen LogP contribution >= 0.6 is 0 Å². The molecule has 1 aliphatic rings. The Balaban J connectivity index is 2.60. The van der Waals surface area contributed by atoms with Crippen LogP contribution in [0.2, 0.25) is 24.7 Å². The van der Waals surface area contributed by atoms with E-state index in [0.29, 0.717) is 0 Å². The topological polar surface area (TPSA) is 0 Å². The summed E-state index contributed by atoms with van der Waals surface area (Å²) >= 11 is 0. The first-order chi connectivity index (χ1) is 5.08. The van der Waals surface area contributed by atoms with Crippen molar-refractivity contribution in [3.63, 3.8) is 0 Å². The molecule has 0 saturated carbocycles. The van der Waals surface area contributed by atoms with E-state index in [2.05, 4.69) is 26.9 Å². The molecule has 1 aliphatic heterocycles. The van der Waals surface area contributed by atoms with E-state index in [9.17, 15) is 0 Å². The summed E-state index contributed by atoms with van der Waals surface area (Å²) in [5.41, 5.74) is 1.07. The molecule has 0 bridgehead atoms. The highest BCUT2D eigenvalue weighted by atomic mass is 28.3. The fourth-order valence-corrected chi connectivity index (χ4v) is 5.74. The zero-order valence-corrected chi connectivity index (χ0v) is 9.48. The lowest BCUT2D eigenvalue weighted by Gasteiger charge is -2.40. The molecule has 66 valence electrons. The summed E-state index contributed by atoms with van der Waals surface area (Å²) in [7, 11) is -0.778. The summed E-state index contributed by atoms with van der Waals surface area (Å²) in [6.07, 6.45) is 4.44. The van der Waals surface area contributed by atoms with Crippen LogP contribution in [0.4, 0.5) is 0 Å². The molecule has 2 atom stereocenters. The highest BCUT2D eigenvalue weighted by Crippen LogP contribution is 2.42. The van der Waals surface area contributed by atoms with Crippen LogP contribution in [0.25, 0.3) is 0 Å². The lowest BCUT2D eigenvalue weighted by Crippen LogP contribution is -2.38. The highest BCUT2D eigenvalue weighted by molar-refractivity contribution is 6.78. The molecular formula is C10H22Si. The monoisotopic (exact) mass is 170 g/mol. The summed E-state index contributed by atoms with van der Waals surface area (Å²) in [6, 6.07) is 1.57. The molecule has 2 unspecified atom stereocenters. The van der Waals surface area contributed by atoms with Crippen LogP contribution in [0.5, 0.6) is 0 Å². The molecular weight excluding hydrogens is 148 g/mol. The normalized spacial score (nSPS) is 37.1. The fraction of sp³-hybridized carbons (Fsp3) is 1.00. The zero-order valence-electron chi connectivity index (χ0n) is 8.48. The first-order valence-corrected chi connectivity index (χ1v) is 8.36.